The molecule has 0 aliphatic carbocycles. The number of benzene rings is 1. The SMILES string of the molecule is Cc1ccccc1NS(=O)[O-].[K+]. The van der Waals surface area contributed by atoms with Crippen LogP contribution in [-0.4, -0.2) is 8.76 Å². The molecule has 1 N–H and O–H groups in total. The van der Waals surface area contributed by atoms with Gasteiger partial charge in [-0.2, -0.15) is 0 Å². The molecule has 12 heavy (non-hydrogen) atoms. The predicted octanol–water partition coefficient (Wildman–Crippen LogP) is -1.79. The first-order chi connectivity index (χ1) is 5.20. The molecule has 0 fully saturated rings. The topological polar surface area (TPSA) is 52.2 Å². The average Bonchev–Trinajstić information content (AvgIpc) is 1.93. The van der Waals surface area contributed by atoms with Crippen LogP contribution in [-0.2, 0) is 11.3 Å². The zero-order valence-electron chi connectivity index (χ0n) is 7.03. The van der Waals surface area contributed by atoms with Crippen LogP contribution in [0, 0.1) is 6.92 Å². The van der Waals surface area contributed by atoms with Gasteiger partial charge in [-0.1, -0.05) is 18.2 Å². The first-order valence-corrected chi connectivity index (χ1v) is 4.19. The van der Waals surface area contributed by atoms with Gasteiger partial charge < -0.3 is 9.27 Å². The van der Waals surface area contributed by atoms with Gasteiger partial charge in [-0.15, -0.1) is 0 Å². The summed E-state index contributed by atoms with van der Waals surface area (Å²) in [5.41, 5.74) is 1.54. The molecule has 0 aromatic heterocycles. The summed E-state index contributed by atoms with van der Waals surface area (Å²) in [5, 5.41) is 0. The number of hydrogen-bond donors (Lipinski definition) is 1. The van der Waals surface area contributed by atoms with Crippen molar-refractivity contribution in [2.24, 2.45) is 0 Å². The standard InChI is InChI=1S/C7H9NO2S.K/c1-6-4-2-3-5-7(6)8-11(9)10;/h2-5,8H,1H3,(H,9,10);/q;+1/p-1. The summed E-state index contributed by atoms with van der Waals surface area (Å²) in [6.45, 7) is 1.84. The Morgan fingerprint density at radius 2 is 2.00 bits per heavy atom. The van der Waals surface area contributed by atoms with Crippen molar-refractivity contribution in [3.05, 3.63) is 29.8 Å². The van der Waals surface area contributed by atoms with E-state index in [4.69, 9.17) is 0 Å². The molecule has 0 aliphatic heterocycles. The van der Waals surface area contributed by atoms with Gasteiger partial charge in [-0.25, -0.2) is 0 Å². The van der Waals surface area contributed by atoms with Crippen LogP contribution in [0.4, 0.5) is 5.69 Å². The van der Waals surface area contributed by atoms with Crippen LogP contribution in [0.2, 0.25) is 0 Å². The maximum Gasteiger partial charge on any atom is 1.00 e. The predicted molar refractivity (Wildman–Crippen MR) is 43.7 cm³/mol. The molecule has 0 spiro atoms. The normalized spacial score (nSPS) is 11.5. The summed E-state index contributed by atoms with van der Waals surface area (Å²) >= 11 is -2.23. The molecular formula is C7H8KNO2S. The molecular weight excluding hydrogens is 201 g/mol. The number of hydrogen-bond acceptors (Lipinski definition) is 2. The first-order valence-electron chi connectivity index (χ1n) is 3.11. The van der Waals surface area contributed by atoms with Crippen LogP contribution in [0.15, 0.2) is 24.3 Å². The van der Waals surface area contributed by atoms with E-state index in [0.29, 0.717) is 5.69 Å². The third kappa shape index (κ3) is 4.13. The van der Waals surface area contributed by atoms with E-state index in [2.05, 4.69) is 4.72 Å². The fraction of sp³-hybridized carbons (Fsp3) is 0.143. The van der Waals surface area contributed by atoms with Gasteiger partial charge in [0.2, 0.25) is 0 Å². The Bertz CT molecular complexity index is 280. The van der Waals surface area contributed by atoms with Gasteiger partial charge in [0.05, 0.1) is 0 Å². The molecule has 0 radical (unpaired) electrons. The van der Waals surface area contributed by atoms with Gasteiger partial charge in [0.1, 0.15) is 0 Å². The molecule has 1 atom stereocenters. The summed E-state index contributed by atoms with van der Waals surface area (Å²) in [6.07, 6.45) is 0. The molecule has 0 bridgehead atoms. The number of para-hydroxylation sites is 1. The quantitative estimate of drug-likeness (QED) is 0.462. The molecule has 5 heteroatoms. The number of anilines is 1. The minimum Gasteiger partial charge on any atom is -0.755 e. The molecule has 1 aromatic rings. The van der Waals surface area contributed by atoms with Crippen molar-refractivity contribution >= 4 is 17.0 Å². The zero-order valence-corrected chi connectivity index (χ0v) is 11.0. The molecule has 0 heterocycles. The van der Waals surface area contributed by atoms with Crippen molar-refractivity contribution in [3.8, 4) is 0 Å². The summed E-state index contributed by atoms with van der Waals surface area (Å²) in [6, 6.07) is 7.19. The molecule has 0 aliphatic rings. The van der Waals surface area contributed by atoms with Crippen molar-refractivity contribution in [2.75, 3.05) is 4.72 Å². The van der Waals surface area contributed by atoms with Gasteiger partial charge in [-0.05, 0) is 18.6 Å². The summed E-state index contributed by atoms with van der Waals surface area (Å²) in [5.74, 6) is 0. The van der Waals surface area contributed by atoms with E-state index < -0.39 is 11.3 Å². The first kappa shape index (κ1) is 12.8. The van der Waals surface area contributed by atoms with Crippen molar-refractivity contribution in [1.29, 1.82) is 0 Å². The van der Waals surface area contributed by atoms with Gasteiger partial charge in [0.15, 0.2) is 0 Å². The van der Waals surface area contributed by atoms with E-state index in [9.17, 15) is 8.76 Å². The summed E-state index contributed by atoms with van der Waals surface area (Å²) in [4.78, 5) is 0. The van der Waals surface area contributed by atoms with Crippen LogP contribution in [0.5, 0.6) is 0 Å². The van der Waals surface area contributed by atoms with Crippen molar-refractivity contribution < 1.29 is 60.1 Å². The van der Waals surface area contributed by atoms with Crippen molar-refractivity contribution in [2.45, 2.75) is 6.92 Å². The van der Waals surface area contributed by atoms with Gasteiger partial charge in [-0.3, -0.25) is 4.21 Å². The Morgan fingerprint density at radius 1 is 1.42 bits per heavy atom. The van der Waals surface area contributed by atoms with Crippen LogP contribution >= 0.6 is 0 Å². The van der Waals surface area contributed by atoms with Crippen LogP contribution in [0.3, 0.4) is 0 Å². The van der Waals surface area contributed by atoms with E-state index in [1.54, 1.807) is 12.1 Å². The van der Waals surface area contributed by atoms with Crippen molar-refractivity contribution in [3.63, 3.8) is 0 Å². The second-order valence-electron chi connectivity index (χ2n) is 2.15. The van der Waals surface area contributed by atoms with Crippen LogP contribution in [0.25, 0.3) is 0 Å². The molecule has 0 saturated heterocycles. The second kappa shape index (κ2) is 6.26. The Balaban J connectivity index is 0.00000121. The number of aryl methyl sites for hydroxylation is 1. The third-order valence-electron chi connectivity index (χ3n) is 1.34. The molecule has 3 nitrogen and oxygen atoms in total. The fourth-order valence-electron chi connectivity index (χ4n) is 0.777. The molecule has 1 rings (SSSR count). The third-order valence-corrected chi connectivity index (χ3v) is 1.72. The maximum atomic E-state index is 10.2. The fourth-order valence-corrected chi connectivity index (χ4v) is 1.19. The Labute approximate surface area is 117 Å². The number of rotatable bonds is 2. The Kier molecular flexibility index (Phi) is 6.65. The Hall–Kier alpha value is 0.766. The van der Waals surface area contributed by atoms with E-state index in [-0.39, 0.29) is 51.4 Å². The smallest absolute Gasteiger partial charge is 0.755 e. The second-order valence-corrected chi connectivity index (χ2v) is 2.83. The molecule has 1 unspecified atom stereocenters. The zero-order chi connectivity index (χ0) is 8.27. The minimum absolute atomic E-state index is 0. The maximum absolute atomic E-state index is 10.2. The summed E-state index contributed by atoms with van der Waals surface area (Å²) < 4.78 is 22.7. The Morgan fingerprint density at radius 3 is 2.50 bits per heavy atom. The molecule has 60 valence electrons. The average molecular weight is 209 g/mol. The van der Waals surface area contributed by atoms with E-state index in [0.717, 1.165) is 5.56 Å². The van der Waals surface area contributed by atoms with E-state index in [1.807, 2.05) is 19.1 Å². The molecule has 0 amide bonds. The summed E-state index contributed by atoms with van der Waals surface area (Å²) in [7, 11) is 0. The van der Waals surface area contributed by atoms with Gasteiger partial charge in [0, 0.05) is 17.0 Å². The van der Waals surface area contributed by atoms with Crippen LogP contribution < -0.4 is 56.1 Å². The van der Waals surface area contributed by atoms with Crippen LogP contribution in [0.1, 0.15) is 5.56 Å². The number of nitrogens with one attached hydrogen (secondary N) is 1. The van der Waals surface area contributed by atoms with Crippen molar-refractivity contribution in [1.82, 2.24) is 0 Å². The minimum atomic E-state index is -2.23. The largest absolute Gasteiger partial charge is 1.00 e. The molecule has 1 aromatic carbocycles. The molecule has 0 saturated carbocycles. The van der Waals surface area contributed by atoms with E-state index in [1.165, 1.54) is 0 Å². The van der Waals surface area contributed by atoms with E-state index >= 15 is 0 Å². The van der Waals surface area contributed by atoms with Gasteiger partial charge >= 0.3 is 51.4 Å². The monoisotopic (exact) mass is 209 g/mol. The van der Waals surface area contributed by atoms with Gasteiger partial charge in [0.25, 0.3) is 0 Å².